The van der Waals surface area contributed by atoms with Crippen molar-refractivity contribution in [3.05, 3.63) is 69.0 Å². The third-order valence-corrected chi connectivity index (χ3v) is 6.61. The smallest absolute Gasteiger partial charge is 0.348 e. The fraction of sp³-hybridized carbons (Fsp3) is 0.269. The summed E-state index contributed by atoms with van der Waals surface area (Å²) in [6, 6.07) is 15.5. The molecule has 1 aromatic heterocycles. The molecule has 0 aliphatic heterocycles. The minimum absolute atomic E-state index is 0.134. The van der Waals surface area contributed by atoms with Gasteiger partial charge >= 0.3 is 11.9 Å². The first-order chi connectivity index (χ1) is 16.7. The van der Waals surface area contributed by atoms with Crippen LogP contribution in [0.5, 0.6) is 5.75 Å². The van der Waals surface area contributed by atoms with Crippen LogP contribution >= 0.6 is 27.3 Å². The molecule has 0 atom stereocenters. The average Bonchev–Trinajstić information content (AvgIpc) is 3.14. The maximum atomic E-state index is 12.7. The molecule has 0 saturated heterocycles. The van der Waals surface area contributed by atoms with Crippen LogP contribution in [0.15, 0.2) is 53.0 Å². The second kappa shape index (κ2) is 12.0. The fourth-order valence-electron chi connectivity index (χ4n) is 3.25. The zero-order valence-corrected chi connectivity index (χ0v) is 22.2. The van der Waals surface area contributed by atoms with Crippen LogP contribution in [0.4, 0.5) is 5.00 Å². The number of hydrogen-bond donors (Lipinski definition) is 1. The highest BCUT2D eigenvalue weighted by Gasteiger charge is 2.28. The first-order valence-electron chi connectivity index (χ1n) is 11.0. The van der Waals surface area contributed by atoms with Crippen LogP contribution in [0, 0.1) is 6.92 Å². The summed E-state index contributed by atoms with van der Waals surface area (Å²) in [5, 5.41) is 2.89. The average molecular weight is 560 g/mol. The molecule has 1 heterocycles. The van der Waals surface area contributed by atoms with Crippen LogP contribution in [0.25, 0.3) is 11.1 Å². The number of nitrogens with one attached hydrogen (secondary N) is 1. The number of esters is 2. The highest BCUT2D eigenvalue weighted by molar-refractivity contribution is 9.10. The van der Waals surface area contributed by atoms with Gasteiger partial charge in [0.05, 0.1) is 22.7 Å². The van der Waals surface area contributed by atoms with E-state index in [4.69, 9.17) is 14.2 Å². The molecule has 3 rings (SSSR count). The van der Waals surface area contributed by atoms with Gasteiger partial charge in [0.2, 0.25) is 0 Å². The number of thiophene rings is 1. The van der Waals surface area contributed by atoms with Crippen LogP contribution in [-0.4, -0.2) is 37.2 Å². The van der Waals surface area contributed by atoms with E-state index in [1.807, 2.05) is 42.5 Å². The summed E-state index contributed by atoms with van der Waals surface area (Å²) in [4.78, 5) is 37.9. The number of rotatable bonds is 9. The van der Waals surface area contributed by atoms with Gasteiger partial charge in [0.1, 0.15) is 15.6 Å². The van der Waals surface area contributed by atoms with E-state index in [9.17, 15) is 14.4 Å². The Labute approximate surface area is 216 Å². The lowest BCUT2D eigenvalue weighted by atomic mass is 10.1. The topological polar surface area (TPSA) is 90.9 Å². The summed E-state index contributed by atoms with van der Waals surface area (Å²) in [5.41, 5.74) is 2.59. The van der Waals surface area contributed by atoms with Crippen molar-refractivity contribution in [3.8, 4) is 16.9 Å². The van der Waals surface area contributed by atoms with Crippen LogP contribution in [0.1, 0.15) is 46.4 Å². The molecule has 184 valence electrons. The molecule has 0 fully saturated rings. The molecule has 0 saturated carbocycles. The summed E-state index contributed by atoms with van der Waals surface area (Å²) < 4.78 is 16.8. The Morgan fingerprint density at radius 2 is 1.74 bits per heavy atom. The van der Waals surface area contributed by atoms with Gasteiger partial charge in [-0.2, -0.15) is 0 Å². The molecule has 0 bridgehead atoms. The molecule has 2 aromatic carbocycles. The summed E-state index contributed by atoms with van der Waals surface area (Å²) in [5.74, 6) is -1.18. The molecular formula is C26H26BrNO6S. The quantitative estimate of drug-likeness (QED) is 0.312. The van der Waals surface area contributed by atoms with Gasteiger partial charge in [-0.15, -0.1) is 11.3 Å². The molecule has 3 aromatic rings. The summed E-state index contributed by atoms with van der Waals surface area (Å²) in [7, 11) is 0. The largest absolute Gasteiger partial charge is 0.483 e. The van der Waals surface area contributed by atoms with Gasteiger partial charge in [-0.3, -0.25) is 4.79 Å². The van der Waals surface area contributed by atoms with Gasteiger partial charge in [0, 0.05) is 0 Å². The number of halogens is 1. The lowest BCUT2D eigenvalue weighted by Crippen LogP contribution is -2.21. The Morgan fingerprint density at radius 1 is 1.03 bits per heavy atom. The normalized spacial score (nSPS) is 10.7. The lowest BCUT2D eigenvalue weighted by molar-refractivity contribution is -0.118. The minimum Gasteiger partial charge on any atom is -0.483 e. The van der Waals surface area contributed by atoms with Crippen LogP contribution in [-0.2, 0) is 14.3 Å². The minimum atomic E-state index is -0.625. The summed E-state index contributed by atoms with van der Waals surface area (Å²) >= 11 is 4.46. The second-order valence-corrected chi connectivity index (χ2v) is 9.66. The van der Waals surface area contributed by atoms with Crippen molar-refractivity contribution in [2.24, 2.45) is 0 Å². The Bertz CT molecular complexity index is 1220. The summed E-state index contributed by atoms with van der Waals surface area (Å²) in [6.07, 6.45) is -0.326. The van der Waals surface area contributed by atoms with E-state index >= 15 is 0 Å². The maximum absolute atomic E-state index is 12.7. The van der Waals surface area contributed by atoms with Gasteiger partial charge < -0.3 is 19.5 Å². The maximum Gasteiger partial charge on any atom is 0.348 e. The number of ether oxygens (including phenoxy) is 3. The first kappa shape index (κ1) is 26.4. The lowest BCUT2D eigenvalue weighted by Gasteiger charge is -2.11. The van der Waals surface area contributed by atoms with E-state index in [2.05, 4.69) is 21.2 Å². The van der Waals surface area contributed by atoms with E-state index < -0.39 is 17.8 Å². The molecule has 7 nitrogen and oxygen atoms in total. The van der Waals surface area contributed by atoms with Crippen molar-refractivity contribution in [1.82, 2.24) is 0 Å². The predicted octanol–water partition coefficient (Wildman–Crippen LogP) is 6.25. The molecule has 0 unspecified atom stereocenters. The van der Waals surface area contributed by atoms with E-state index in [-0.39, 0.29) is 34.8 Å². The Hall–Kier alpha value is -3.17. The van der Waals surface area contributed by atoms with E-state index in [1.54, 1.807) is 33.8 Å². The van der Waals surface area contributed by atoms with E-state index in [1.165, 1.54) is 0 Å². The molecule has 35 heavy (non-hydrogen) atoms. The Balaban J connectivity index is 1.74. The molecule has 0 radical (unpaired) electrons. The molecule has 1 amide bonds. The van der Waals surface area contributed by atoms with Gasteiger partial charge in [0.25, 0.3) is 5.91 Å². The van der Waals surface area contributed by atoms with Crippen LogP contribution < -0.4 is 10.1 Å². The van der Waals surface area contributed by atoms with Crippen molar-refractivity contribution in [2.75, 3.05) is 18.5 Å². The number of anilines is 1. The SMILES string of the molecule is CCOC(=O)c1c(NC(=O)COc2ccc(-c3ccccc3)cc2Br)sc(C(=O)OC(C)C)c1C. The van der Waals surface area contributed by atoms with Crippen molar-refractivity contribution < 1.29 is 28.6 Å². The molecule has 0 spiro atoms. The van der Waals surface area contributed by atoms with Crippen molar-refractivity contribution in [1.29, 1.82) is 0 Å². The highest BCUT2D eigenvalue weighted by Crippen LogP contribution is 2.35. The van der Waals surface area contributed by atoms with Crippen molar-refractivity contribution in [2.45, 2.75) is 33.8 Å². The van der Waals surface area contributed by atoms with Gasteiger partial charge in [-0.1, -0.05) is 36.4 Å². The van der Waals surface area contributed by atoms with Crippen molar-refractivity contribution >= 4 is 50.1 Å². The molecule has 1 N–H and O–H groups in total. The van der Waals surface area contributed by atoms with Gasteiger partial charge in [-0.05, 0) is 72.4 Å². The molecule has 0 aliphatic rings. The van der Waals surface area contributed by atoms with Crippen LogP contribution in [0.2, 0.25) is 0 Å². The first-order valence-corrected chi connectivity index (χ1v) is 12.6. The zero-order chi connectivity index (χ0) is 25.5. The Morgan fingerprint density at radius 3 is 2.37 bits per heavy atom. The molecular weight excluding hydrogens is 534 g/mol. The number of hydrogen-bond acceptors (Lipinski definition) is 7. The fourth-order valence-corrected chi connectivity index (χ4v) is 4.83. The van der Waals surface area contributed by atoms with Gasteiger partial charge in [-0.25, -0.2) is 9.59 Å². The highest BCUT2D eigenvalue weighted by atomic mass is 79.9. The molecule has 9 heteroatoms. The monoisotopic (exact) mass is 559 g/mol. The standard InChI is InChI=1S/C26H26BrNO6S/c1-5-32-25(30)22-16(4)23(26(31)34-15(2)3)35-24(22)28-21(29)14-33-20-12-11-18(13-19(20)27)17-9-7-6-8-10-17/h6-13,15H,5,14H2,1-4H3,(H,28,29). The predicted molar refractivity (Wildman–Crippen MR) is 139 cm³/mol. The van der Waals surface area contributed by atoms with Crippen LogP contribution in [0.3, 0.4) is 0 Å². The summed E-state index contributed by atoms with van der Waals surface area (Å²) in [6.45, 7) is 6.63. The van der Waals surface area contributed by atoms with Crippen molar-refractivity contribution in [3.63, 3.8) is 0 Å². The molecule has 0 aliphatic carbocycles. The number of carbonyl (C=O) groups excluding carboxylic acids is 3. The zero-order valence-electron chi connectivity index (χ0n) is 19.8. The van der Waals surface area contributed by atoms with E-state index in [0.29, 0.717) is 15.8 Å². The second-order valence-electron chi connectivity index (χ2n) is 7.78. The third kappa shape index (κ3) is 6.70. The van der Waals surface area contributed by atoms with Gasteiger partial charge in [0.15, 0.2) is 6.61 Å². The number of benzene rings is 2. The Kier molecular flexibility index (Phi) is 9.06. The van der Waals surface area contributed by atoms with E-state index in [0.717, 1.165) is 22.5 Å². The number of carbonyl (C=O) groups is 3. The number of amides is 1. The third-order valence-electron chi connectivity index (χ3n) is 4.81.